The minimum Gasteiger partial charge on any atom is -0.447 e. The molecule has 260 valence electrons. The van der Waals surface area contributed by atoms with Gasteiger partial charge in [-0.25, -0.2) is 8.78 Å². The first-order chi connectivity index (χ1) is 23.8. The SMILES string of the molecule is O=C(O[C@@H](c1ccc(F)cc1)C(F)(F)F)[C@H](CSC(c1ccccc1)(c1ccccc1)c1ccccc1)N[C@@H](c1ccc(F)cc1)C(F)(F)F. The van der Waals surface area contributed by atoms with Crippen LogP contribution >= 0.6 is 11.8 Å². The number of carbonyl (C=O) groups excluding carboxylic acids is 1. The Morgan fingerprint density at radius 2 is 0.980 bits per heavy atom. The molecule has 0 saturated heterocycles. The number of ether oxygens (including phenoxy) is 1. The van der Waals surface area contributed by atoms with Crippen molar-refractivity contribution in [2.45, 2.75) is 35.3 Å². The zero-order valence-corrected chi connectivity index (χ0v) is 26.8. The Hall–Kier alpha value is -4.68. The Kier molecular flexibility index (Phi) is 11.3. The van der Waals surface area contributed by atoms with Crippen molar-refractivity contribution in [1.29, 1.82) is 0 Å². The van der Waals surface area contributed by atoms with Crippen LogP contribution in [0.15, 0.2) is 140 Å². The fourth-order valence-corrected chi connectivity index (χ4v) is 7.11. The molecule has 3 atom stereocenters. The monoisotopic (exact) mass is 715 g/mol. The second-order valence-corrected chi connectivity index (χ2v) is 12.5. The molecule has 0 saturated carbocycles. The van der Waals surface area contributed by atoms with E-state index in [4.69, 9.17) is 4.74 Å². The van der Waals surface area contributed by atoms with Gasteiger partial charge in [0.1, 0.15) is 23.7 Å². The second-order valence-electron chi connectivity index (χ2n) is 11.2. The number of nitrogens with one attached hydrogen (secondary N) is 1. The molecule has 0 aliphatic rings. The fourth-order valence-electron chi connectivity index (χ4n) is 5.56. The van der Waals surface area contributed by atoms with Crippen LogP contribution in [0.2, 0.25) is 0 Å². The lowest BCUT2D eigenvalue weighted by atomic mass is 9.84. The average Bonchev–Trinajstić information content (AvgIpc) is 3.10. The molecule has 0 unspecified atom stereocenters. The zero-order valence-electron chi connectivity index (χ0n) is 26.0. The number of thioether (sulfide) groups is 1. The molecule has 1 N–H and O–H groups in total. The normalized spacial score (nSPS) is 14.1. The predicted molar refractivity (Wildman–Crippen MR) is 175 cm³/mol. The lowest BCUT2D eigenvalue weighted by molar-refractivity contribution is -0.225. The highest BCUT2D eigenvalue weighted by Crippen LogP contribution is 2.49. The summed E-state index contributed by atoms with van der Waals surface area (Å²) >= 11 is 1.03. The Morgan fingerprint density at radius 1 is 0.580 bits per heavy atom. The highest BCUT2D eigenvalue weighted by atomic mass is 32.2. The molecule has 0 aliphatic heterocycles. The van der Waals surface area contributed by atoms with Crippen LogP contribution in [0.25, 0.3) is 0 Å². The van der Waals surface area contributed by atoms with Gasteiger partial charge in [0.25, 0.3) is 0 Å². The quantitative estimate of drug-likeness (QED) is 0.0793. The van der Waals surface area contributed by atoms with E-state index in [1.807, 2.05) is 0 Å². The van der Waals surface area contributed by atoms with Crippen LogP contribution in [-0.4, -0.2) is 30.1 Å². The molecule has 0 heterocycles. The third kappa shape index (κ3) is 8.54. The first-order valence-corrected chi connectivity index (χ1v) is 16.2. The van der Waals surface area contributed by atoms with E-state index in [2.05, 4.69) is 5.32 Å². The molecule has 5 aromatic carbocycles. The lowest BCUT2D eigenvalue weighted by Crippen LogP contribution is -2.48. The van der Waals surface area contributed by atoms with E-state index in [0.29, 0.717) is 16.7 Å². The summed E-state index contributed by atoms with van der Waals surface area (Å²) < 4.78 is 118. The van der Waals surface area contributed by atoms with Crippen LogP contribution in [0.5, 0.6) is 0 Å². The topological polar surface area (TPSA) is 38.3 Å². The van der Waals surface area contributed by atoms with Gasteiger partial charge in [0.05, 0.1) is 4.75 Å². The van der Waals surface area contributed by atoms with Gasteiger partial charge in [-0.3, -0.25) is 10.1 Å². The second kappa shape index (κ2) is 15.5. The van der Waals surface area contributed by atoms with Gasteiger partial charge in [0, 0.05) is 11.3 Å². The minimum atomic E-state index is -5.20. The third-order valence-corrected chi connectivity index (χ3v) is 9.53. The molecule has 0 amide bonds. The Morgan fingerprint density at radius 3 is 1.36 bits per heavy atom. The molecule has 0 fully saturated rings. The van der Waals surface area contributed by atoms with Crippen molar-refractivity contribution in [3.63, 3.8) is 0 Å². The molecule has 5 rings (SSSR count). The van der Waals surface area contributed by atoms with Crippen molar-refractivity contribution >= 4 is 17.7 Å². The molecule has 0 spiro atoms. The molecule has 0 aliphatic carbocycles. The van der Waals surface area contributed by atoms with Gasteiger partial charge in [-0.05, 0) is 46.5 Å². The molecule has 0 aromatic heterocycles. The van der Waals surface area contributed by atoms with E-state index < -0.39 is 69.8 Å². The molecule has 5 aromatic rings. The number of hydrogen-bond donors (Lipinski definition) is 1. The van der Waals surface area contributed by atoms with Gasteiger partial charge in [0.15, 0.2) is 0 Å². The first kappa shape index (κ1) is 36.6. The summed E-state index contributed by atoms with van der Waals surface area (Å²) in [6.07, 6.45) is -13.2. The number of alkyl halides is 6. The number of benzene rings is 5. The molecular weight excluding hydrogens is 686 g/mol. The smallest absolute Gasteiger partial charge is 0.429 e. The molecule has 12 heteroatoms. The van der Waals surface area contributed by atoms with Crippen LogP contribution in [0.4, 0.5) is 35.1 Å². The van der Waals surface area contributed by atoms with Crippen molar-refractivity contribution in [2.75, 3.05) is 5.75 Å². The molecule has 0 radical (unpaired) electrons. The number of esters is 1. The minimum absolute atomic E-state index is 0.479. The Balaban J connectivity index is 1.61. The summed E-state index contributed by atoms with van der Waals surface area (Å²) in [5, 5.41) is 2.20. The van der Waals surface area contributed by atoms with E-state index in [1.165, 1.54) is 0 Å². The highest BCUT2D eigenvalue weighted by Gasteiger charge is 2.48. The summed E-state index contributed by atoms with van der Waals surface area (Å²) in [6, 6.07) is 28.6. The third-order valence-electron chi connectivity index (χ3n) is 7.89. The van der Waals surface area contributed by atoms with Crippen molar-refractivity contribution in [3.05, 3.63) is 179 Å². The van der Waals surface area contributed by atoms with Crippen LogP contribution in [0.3, 0.4) is 0 Å². The van der Waals surface area contributed by atoms with E-state index in [9.17, 15) is 39.9 Å². The maximum atomic E-state index is 14.6. The first-order valence-electron chi connectivity index (χ1n) is 15.2. The molecule has 0 bridgehead atoms. The summed E-state index contributed by atoms with van der Waals surface area (Å²) in [5.74, 6) is -3.82. The predicted octanol–water partition coefficient (Wildman–Crippen LogP) is 10.1. The van der Waals surface area contributed by atoms with Gasteiger partial charge in [-0.15, -0.1) is 11.8 Å². The van der Waals surface area contributed by atoms with Gasteiger partial charge < -0.3 is 4.74 Å². The van der Waals surface area contributed by atoms with Crippen molar-refractivity contribution in [3.8, 4) is 0 Å². The Labute approximate surface area is 287 Å². The van der Waals surface area contributed by atoms with Gasteiger partial charge >= 0.3 is 18.3 Å². The molecular formula is C38H29F8NO2S. The van der Waals surface area contributed by atoms with E-state index in [0.717, 1.165) is 60.3 Å². The lowest BCUT2D eigenvalue weighted by Gasteiger charge is -2.37. The standard InChI is InChI=1S/C38H29F8NO2S/c39-30-20-16-25(17-21-30)33(37(41,42)43)47-32(35(48)49-34(38(44,45)46)26-18-22-31(40)23-19-26)24-50-36(27-10-4-1-5-11-27,28-12-6-2-7-13-28)29-14-8-3-9-15-29/h1-23,32-34,47H,24H2/t32-,33-,34-/m0/s1. The number of rotatable bonds is 12. The van der Waals surface area contributed by atoms with Crippen molar-refractivity contribution in [2.24, 2.45) is 0 Å². The van der Waals surface area contributed by atoms with Gasteiger partial charge in [0.2, 0.25) is 6.10 Å². The zero-order chi connectivity index (χ0) is 35.9. The van der Waals surface area contributed by atoms with Crippen molar-refractivity contribution in [1.82, 2.24) is 5.32 Å². The van der Waals surface area contributed by atoms with Crippen LogP contribution < -0.4 is 5.32 Å². The number of halogens is 8. The average molecular weight is 716 g/mol. The van der Waals surface area contributed by atoms with Crippen molar-refractivity contribution < 1.29 is 44.7 Å². The van der Waals surface area contributed by atoms with E-state index in [1.54, 1.807) is 91.0 Å². The maximum Gasteiger partial charge on any atom is 0.429 e. The van der Waals surface area contributed by atoms with Gasteiger partial charge in [-0.1, -0.05) is 115 Å². The van der Waals surface area contributed by atoms with E-state index >= 15 is 0 Å². The summed E-state index contributed by atoms with van der Waals surface area (Å²) in [7, 11) is 0. The van der Waals surface area contributed by atoms with Crippen LogP contribution in [0, 0.1) is 11.6 Å². The fraction of sp³-hybridized carbons (Fsp3) is 0.184. The largest absolute Gasteiger partial charge is 0.447 e. The molecule has 3 nitrogen and oxygen atoms in total. The maximum absolute atomic E-state index is 14.6. The number of carbonyl (C=O) groups is 1. The summed E-state index contributed by atoms with van der Waals surface area (Å²) in [4.78, 5) is 13.8. The highest BCUT2D eigenvalue weighted by molar-refractivity contribution is 8.00. The number of hydrogen-bond acceptors (Lipinski definition) is 4. The summed E-state index contributed by atoms with van der Waals surface area (Å²) in [6.45, 7) is 0. The van der Waals surface area contributed by atoms with Crippen LogP contribution in [-0.2, 0) is 14.3 Å². The van der Waals surface area contributed by atoms with Crippen LogP contribution in [0.1, 0.15) is 40.0 Å². The van der Waals surface area contributed by atoms with Gasteiger partial charge in [-0.2, -0.15) is 26.3 Å². The van der Waals surface area contributed by atoms with E-state index in [-0.39, 0.29) is 0 Å². The Bertz CT molecular complexity index is 1720. The molecule has 50 heavy (non-hydrogen) atoms. The summed E-state index contributed by atoms with van der Waals surface area (Å²) in [5.41, 5.74) is 0.935.